The van der Waals surface area contributed by atoms with Gasteiger partial charge in [-0.05, 0) is 32.0 Å². The lowest BCUT2D eigenvalue weighted by Crippen LogP contribution is -2.32. The van der Waals surface area contributed by atoms with E-state index in [1.165, 1.54) is 0 Å². The fraction of sp³-hybridized carbons (Fsp3) is 0.455. The fourth-order valence-corrected chi connectivity index (χ4v) is 1.89. The van der Waals surface area contributed by atoms with Crippen molar-refractivity contribution in [2.24, 2.45) is 5.92 Å². The van der Waals surface area contributed by atoms with Crippen LogP contribution < -0.4 is 10.6 Å². The van der Waals surface area contributed by atoms with Gasteiger partial charge in [0, 0.05) is 12.2 Å². The molecule has 0 spiro atoms. The SMILES string of the molecule is CC1NCCC1C(=O)Nc1cccnc1. The predicted octanol–water partition coefficient (Wildman–Crippen LogP) is 1.02. The number of hydrogen-bond acceptors (Lipinski definition) is 3. The number of nitrogens with one attached hydrogen (secondary N) is 2. The van der Waals surface area contributed by atoms with Crippen LogP contribution in [0.2, 0.25) is 0 Å². The number of nitrogens with zero attached hydrogens (tertiary/aromatic N) is 1. The van der Waals surface area contributed by atoms with Gasteiger partial charge in [-0.25, -0.2) is 0 Å². The summed E-state index contributed by atoms with van der Waals surface area (Å²) in [7, 11) is 0. The van der Waals surface area contributed by atoms with Crippen molar-refractivity contribution < 1.29 is 4.79 Å². The number of aromatic nitrogens is 1. The zero-order valence-corrected chi connectivity index (χ0v) is 8.73. The van der Waals surface area contributed by atoms with Gasteiger partial charge < -0.3 is 10.6 Å². The molecule has 2 atom stereocenters. The number of carbonyl (C=O) groups is 1. The minimum atomic E-state index is 0.0743. The Morgan fingerprint density at radius 3 is 3.13 bits per heavy atom. The summed E-state index contributed by atoms with van der Waals surface area (Å²) >= 11 is 0. The molecule has 1 fully saturated rings. The van der Waals surface area contributed by atoms with Gasteiger partial charge in [-0.1, -0.05) is 0 Å². The standard InChI is InChI=1S/C11H15N3O/c1-8-10(4-6-13-8)11(15)14-9-3-2-5-12-7-9/h2-3,5,7-8,10,13H,4,6H2,1H3,(H,14,15). The van der Waals surface area contributed by atoms with Crippen LogP contribution in [0.4, 0.5) is 5.69 Å². The molecule has 2 N–H and O–H groups in total. The molecular weight excluding hydrogens is 190 g/mol. The van der Waals surface area contributed by atoms with Crippen LogP contribution >= 0.6 is 0 Å². The first-order chi connectivity index (χ1) is 7.27. The van der Waals surface area contributed by atoms with Crippen LogP contribution in [0, 0.1) is 5.92 Å². The fourth-order valence-electron chi connectivity index (χ4n) is 1.89. The van der Waals surface area contributed by atoms with E-state index in [0.717, 1.165) is 18.7 Å². The van der Waals surface area contributed by atoms with Crippen LogP contribution in [-0.2, 0) is 4.79 Å². The second-order valence-electron chi connectivity index (χ2n) is 3.87. The molecule has 2 rings (SSSR count). The topological polar surface area (TPSA) is 54.0 Å². The Hall–Kier alpha value is -1.42. The van der Waals surface area contributed by atoms with Crippen molar-refractivity contribution in [3.63, 3.8) is 0 Å². The van der Waals surface area contributed by atoms with E-state index in [4.69, 9.17) is 0 Å². The molecule has 80 valence electrons. The number of hydrogen-bond donors (Lipinski definition) is 2. The maximum atomic E-state index is 11.8. The van der Waals surface area contributed by atoms with E-state index in [0.29, 0.717) is 0 Å². The summed E-state index contributed by atoms with van der Waals surface area (Å²) < 4.78 is 0. The highest BCUT2D eigenvalue weighted by atomic mass is 16.1. The molecule has 1 amide bonds. The Labute approximate surface area is 89.1 Å². The summed E-state index contributed by atoms with van der Waals surface area (Å²) in [6.45, 7) is 2.97. The Kier molecular flexibility index (Phi) is 2.97. The first-order valence-electron chi connectivity index (χ1n) is 5.21. The van der Waals surface area contributed by atoms with Gasteiger partial charge in [-0.2, -0.15) is 0 Å². The second kappa shape index (κ2) is 4.40. The van der Waals surface area contributed by atoms with E-state index in [1.54, 1.807) is 12.4 Å². The third-order valence-corrected chi connectivity index (χ3v) is 2.79. The van der Waals surface area contributed by atoms with Crippen molar-refractivity contribution in [2.75, 3.05) is 11.9 Å². The number of pyridine rings is 1. The quantitative estimate of drug-likeness (QED) is 0.758. The highest BCUT2D eigenvalue weighted by molar-refractivity contribution is 5.93. The van der Waals surface area contributed by atoms with Crippen molar-refractivity contribution >= 4 is 11.6 Å². The van der Waals surface area contributed by atoms with Crippen LogP contribution in [0.25, 0.3) is 0 Å². The highest BCUT2D eigenvalue weighted by Crippen LogP contribution is 2.17. The van der Waals surface area contributed by atoms with E-state index in [1.807, 2.05) is 19.1 Å². The molecule has 0 saturated carbocycles. The molecule has 0 radical (unpaired) electrons. The lowest BCUT2D eigenvalue weighted by atomic mass is 10.0. The average Bonchev–Trinajstić information content (AvgIpc) is 2.66. The van der Waals surface area contributed by atoms with Crippen LogP contribution in [0.5, 0.6) is 0 Å². The Morgan fingerprint density at radius 1 is 1.67 bits per heavy atom. The van der Waals surface area contributed by atoms with Gasteiger partial charge in [-0.15, -0.1) is 0 Å². The third-order valence-electron chi connectivity index (χ3n) is 2.79. The second-order valence-corrected chi connectivity index (χ2v) is 3.87. The first-order valence-corrected chi connectivity index (χ1v) is 5.21. The summed E-state index contributed by atoms with van der Waals surface area (Å²) in [5.74, 6) is 0.158. The number of carbonyl (C=O) groups excluding carboxylic acids is 1. The summed E-state index contributed by atoms with van der Waals surface area (Å²) in [6.07, 6.45) is 4.26. The van der Waals surface area contributed by atoms with Gasteiger partial charge in [0.2, 0.25) is 5.91 Å². The predicted molar refractivity (Wildman–Crippen MR) is 58.4 cm³/mol. The van der Waals surface area contributed by atoms with Crippen LogP contribution in [-0.4, -0.2) is 23.5 Å². The van der Waals surface area contributed by atoms with Crippen LogP contribution in [0.15, 0.2) is 24.5 Å². The molecule has 2 unspecified atom stereocenters. The number of amides is 1. The minimum absolute atomic E-state index is 0.0743. The molecule has 0 aliphatic carbocycles. The maximum Gasteiger partial charge on any atom is 0.229 e. The lowest BCUT2D eigenvalue weighted by Gasteiger charge is -2.14. The van der Waals surface area contributed by atoms with Crippen molar-refractivity contribution in [3.05, 3.63) is 24.5 Å². The Morgan fingerprint density at radius 2 is 2.53 bits per heavy atom. The minimum Gasteiger partial charge on any atom is -0.324 e. The van der Waals surface area contributed by atoms with E-state index in [-0.39, 0.29) is 17.9 Å². The van der Waals surface area contributed by atoms with Gasteiger partial charge in [-0.3, -0.25) is 9.78 Å². The van der Waals surface area contributed by atoms with E-state index >= 15 is 0 Å². The smallest absolute Gasteiger partial charge is 0.229 e. The monoisotopic (exact) mass is 205 g/mol. The molecule has 1 aromatic rings. The molecule has 15 heavy (non-hydrogen) atoms. The van der Waals surface area contributed by atoms with Gasteiger partial charge in [0.05, 0.1) is 17.8 Å². The molecular formula is C11H15N3O. The molecule has 1 aliphatic heterocycles. The number of anilines is 1. The summed E-state index contributed by atoms with van der Waals surface area (Å²) in [5, 5.41) is 6.13. The zero-order chi connectivity index (χ0) is 10.7. The van der Waals surface area contributed by atoms with Gasteiger partial charge in [0.25, 0.3) is 0 Å². The van der Waals surface area contributed by atoms with Gasteiger partial charge in [0.1, 0.15) is 0 Å². The van der Waals surface area contributed by atoms with Crippen molar-refractivity contribution in [2.45, 2.75) is 19.4 Å². The zero-order valence-electron chi connectivity index (χ0n) is 8.73. The van der Waals surface area contributed by atoms with E-state index < -0.39 is 0 Å². The molecule has 2 heterocycles. The van der Waals surface area contributed by atoms with Gasteiger partial charge in [0.15, 0.2) is 0 Å². The molecule has 4 nitrogen and oxygen atoms in total. The number of rotatable bonds is 2. The summed E-state index contributed by atoms with van der Waals surface area (Å²) in [4.78, 5) is 15.8. The normalized spacial score (nSPS) is 25.1. The largest absolute Gasteiger partial charge is 0.324 e. The average molecular weight is 205 g/mol. The molecule has 1 aromatic heterocycles. The van der Waals surface area contributed by atoms with Crippen molar-refractivity contribution in [1.82, 2.24) is 10.3 Å². The first kappa shape index (κ1) is 10.1. The van der Waals surface area contributed by atoms with Crippen LogP contribution in [0.3, 0.4) is 0 Å². The van der Waals surface area contributed by atoms with Gasteiger partial charge >= 0.3 is 0 Å². The maximum absolute atomic E-state index is 11.8. The summed E-state index contributed by atoms with van der Waals surface area (Å²) in [6, 6.07) is 3.92. The molecule has 4 heteroatoms. The molecule has 0 aromatic carbocycles. The van der Waals surface area contributed by atoms with Crippen molar-refractivity contribution in [1.29, 1.82) is 0 Å². The molecule has 0 bridgehead atoms. The lowest BCUT2D eigenvalue weighted by molar-refractivity contribution is -0.120. The highest BCUT2D eigenvalue weighted by Gasteiger charge is 2.29. The molecule has 1 saturated heterocycles. The third kappa shape index (κ3) is 2.33. The van der Waals surface area contributed by atoms with E-state index in [2.05, 4.69) is 15.6 Å². The Bertz CT molecular complexity index is 339. The van der Waals surface area contributed by atoms with Crippen molar-refractivity contribution in [3.8, 4) is 0 Å². The van der Waals surface area contributed by atoms with E-state index in [9.17, 15) is 4.79 Å². The summed E-state index contributed by atoms with van der Waals surface area (Å²) in [5.41, 5.74) is 0.765. The Balaban J connectivity index is 1.98. The molecule has 1 aliphatic rings. The van der Waals surface area contributed by atoms with Crippen LogP contribution in [0.1, 0.15) is 13.3 Å².